The fraction of sp³-hybridized carbons (Fsp3) is 0.135. The van der Waals surface area contributed by atoms with Crippen LogP contribution in [0.15, 0.2) is 121 Å². The number of para-hydroxylation sites is 3. The Morgan fingerprint density at radius 2 is 0.974 bits per heavy atom. The highest BCUT2D eigenvalue weighted by Gasteiger charge is 2.25. The van der Waals surface area contributed by atoms with Gasteiger partial charge in [0.1, 0.15) is 0 Å². The van der Waals surface area contributed by atoms with E-state index in [0.29, 0.717) is 5.92 Å². The molecule has 2 heterocycles. The molecule has 0 fully saturated rings. The van der Waals surface area contributed by atoms with E-state index in [2.05, 4.69) is 137 Å². The highest BCUT2D eigenvalue weighted by Crippen LogP contribution is 2.40. The van der Waals surface area contributed by atoms with Gasteiger partial charge in [-0.05, 0) is 84.3 Å². The van der Waals surface area contributed by atoms with Crippen LogP contribution in [0.3, 0.4) is 0 Å². The molecular weight excluding hydrogens is 472 g/mol. The molecule has 2 heteroatoms. The molecule has 5 aromatic carbocycles. The molecule has 1 aliphatic rings. The first-order chi connectivity index (χ1) is 19.3. The Labute approximate surface area is 228 Å². The number of fused-ring (bicyclic) bond motifs is 6. The molecule has 0 radical (unpaired) electrons. The van der Waals surface area contributed by atoms with Gasteiger partial charge in [0.15, 0.2) is 0 Å². The molecule has 0 amide bonds. The summed E-state index contributed by atoms with van der Waals surface area (Å²) in [4.78, 5) is 0. The lowest BCUT2D eigenvalue weighted by Crippen LogP contribution is -2.10. The minimum absolute atomic E-state index is 0.578. The van der Waals surface area contributed by atoms with Crippen molar-refractivity contribution in [2.24, 2.45) is 0 Å². The molecule has 1 atom stereocenters. The van der Waals surface area contributed by atoms with Crippen LogP contribution in [0.5, 0.6) is 0 Å². The fourth-order valence-corrected chi connectivity index (χ4v) is 6.91. The van der Waals surface area contributed by atoms with Gasteiger partial charge in [0, 0.05) is 33.2 Å². The van der Waals surface area contributed by atoms with Gasteiger partial charge in [0.2, 0.25) is 0 Å². The molecule has 2 aromatic heterocycles. The average molecular weight is 503 g/mol. The summed E-state index contributed by atoms with van der Waals surface area (Å²) in [5, 5.41) is 4.01. The van der Waals surface area contributed by atoms with Gasteiger partial charge >= 0.3 is 0 Å². The third kappa shape index (κ3) is 3.41. The summed E-state index contributed by atoms with van der Waals surface area (Å²) in [5.41, 5.74) is 11.8. The van der Waals surface area contributed by atoms with Crippen LogP contribution in [-0.4, -0.2) is 9.13 Å². The van der Waals surface area contributed by atoms with E-state index in [-0.39, 0.29) is 0 Å². The van der Waals surface area contributed by atoms with Crippen molar-refractivity contribution < 1.29 is 0 Å². The second-order valence-corrected chi connectivity index (χ2v) is 11.0. The first kappa shape index (κ1) is 22.4. The van der Waals surface area contributed by atoms with Crippen molar-refractivity contribution in [1.82, 2.24) is 9.13 Å². The third-order valence-corrected chi connectivity index (χ3v) is 8.72. The highest BCUT2D eigenvalue weighted by atomic mass is 15.0. The van der Waals surface area contributed by atoms with Crippen molar-refractivity contribution in [2.75, 3.05) is 0 Å². The van der Waals surface area contributed by atoms with Gasteiger partial charge < -0.3 is 9.13 Å². The lowest BCUT2D eigenvalue weighted by atomic mass is 9.88. The zero-order valence-corrected chi connectivity index (χ0v) is 22.1. The second kappa shape index (κ2) is 8.74. The van der Waals surface area contributed by atoms with E-state index in [1.54, 1.807) is 5.56 Å². The number of hydrogen-bond acceptors (Lipinski definition) is 0. The summed E-state index contributed by atoms with van der Waals surface area (Å²) < 4.78 is 4.89. The monoisotopic (exact) mass is 502 g/mol. The van der Waals surface area contributed by atoms with Crippen molar-refractivity contribution in [3.63, 3.8) is 0 Å². The fourth-order valence-electron chi connectivity index (χ4n) is 6.91. The molecule has 0 N–H and O–H groups in total. The molecule has 1 unspecified atom stereocenters. The second-order valence-electron chi connectivity index (χ2n) is 11.0. The molecule has 39 heavy (non-hydrogen) atoms. The summed E-state index contributed by atoms with van der Waals surface area (Å²) in [6, 6.07) is 44.4. The van der Waals surface area contributed by atoms with Crippen LogP contribution in [0.4, 0.5) is 0 Å². The average Bonchev–Trinajstić information content (AvgIpc) is 3.52. The normalized spacial score (nSPS) is 15.3. The topological polar surface area (TPSA) is 9.86 Å². The molecular formula is C37H30N2. The number of aromatic nitrogens is 2. The molecule has 0 saturated carbocycles. The number of rotatable bonds is 3. The van der Waals surface area contributed by atoms with E-state index in [0.717, 1.165) is 0 Å². The Balaban J connectivity index is 1.18. The Hall–Kier alpha value is -4.56. The van der Waals surface area contributed by atoms with E-state index in [1.807, 2.05) is 0 Å². The predicted molar refractivity (Wildman–Crippen MR) is 164 cm³/mol. The van der Waals surface area contributed by atoms with Crippen molar-refractivity contribution in [1.29, 1.82) is 0 Å². The summed E-state index contributed by atoms with van der Waals surface area (Å²) in [5.74, 6) is 0.578. The van der Waals surface area contributed by atoms with Crippen LogP contribution < -0.4 is 0 Å². The summed E-state index contributed by atoms with van der Waals surface area (Å²) in [6.07, 6.45) is 3.73. The molecule has 0 bridgehead atoms. The third-order valence-electron chi connectivity index (χ3n) is 8.72. The largest absolute Gasteiger partial charge is 0.313 e. The van der Waals surface area contributed by atoms with Gasteiger partial charge in [-0.15, -0.1) is 0 Å². The van der Waals surface area contributed by atoms with Crippen LogP contribution in [0.1, 0.15) is 36.9 Å². The van der Waals surface area contributed by atoms with Gasteiger partial charge in [-0.2, -0.15) is 0 Å². The molecule has 2 nitrogen and oxygen atoms in total. The van der Waals surface area contributed by atoms with E-state index in [4.69, 9.17) is 0 Å². The number of aryl methyl sites for hydroxylation is 1. The van der Waals surface area contributed by atoms with Gasteiger partial charge in [0.05, 0.1) is 16.6 Å². The molecule has 1 aliphatic carbocycles. The molecule has 7 aromatic rings. The lowest BCUT2D eigenvalue weighted by molar-refractivity contribution is 0.571. The van der Waals surface area contributed by atoms with E-state index < -0.39 is 0 Å². The smallest absolute Gasteiger partial charge is 0.0541 e. The highest BCUT2D eigenvalue weighted by molar-refractivity contribution is 6.09. The van der Waals surface area contributed by atoms with Crippen LogP contribution in [0.2, 0.25) is 0 Å². The quantitative estimate of drug-likeness (QED) is 0.227. The molecule has 0 aliphatic heterocycles. The van der Waals surface area contributed by atoms with E-state index in [1.165, 1.54) is 80.2 Å². The van der Waals surface area contributed by atoms with Gasteiger partial charge in [-0.1, -0.05) is 85.8 Å². The minimum atomic E-state index is 0.578. The lowest BCUT2D eigenvalue weighted by Gasteiger charge is -2.22. The van der Waals surface area contributed by atoms with Gasteiger partial charge in [-0.25, -0.2) is 0 Å². The molecule has 0 saturated heterocycles. The molecule has 188 valence electrons. The Kier molecular flexibility index (Phi) is 5.03. The van der Waals surface area contributed by atoms with Crippen LogP contribution in [0, 0.1) is 0 Å². The predicted octanol–water partition coefficient (Wildman–Crippen LogP) is 9.83. The Morgan fingerprint density at radius 3 is 1.54 bits per heavy atom. The van der Waals surface area contributed by atoms with E-state index in [9.17, 15) is 0 Å². The first-order valence-electron chi connectivity index (χ1n) is 14.1. The van der Waals surface area contributed by atoms with Crippen LogP contribution >= 0.6 is 0 Å². The Bertz CT molecular complexity index is 1930. The molecule has 8 rings (SSSR count). The van der Waals surface area contributed by atoms with Crippen molar-refractivity contribution in [3.05, 3.63) is 133 Å². The van der Waals surface area contributed by atoms with Crippen molar-refractivity contribution in [2.45, 2.75) is 32.1 Å². The maximum absolute atomic E-state index is 2.52. The summed E-state index contributed by atoms with van der Waals surface area (Å²) in [7, 11) is 0. The zero-order valence-electron chi connectivity index (χ0n) is 22.1. The van der Waals surface area contributed by atoms with Crippen LogP contribution in [-0.2, 0) is 6.42 Å². The number of hydrogen-bond donors (Lipinski definition) is 0. The maximum atomic E-state index is 2.52. The molecule has 0 spiro atoms. The van der Waals surface area contributed by atoms with Gasteiger partial charge in [-0.3, -0.25) is 0 Å². The SMILES string of the molecule is CC1CCCc2c1n(-c1ccc(-c3ccc(-n4c5ccccc5c5ccccc54)cc3)cc1)c1ccccc21. The first-order valence-corrected chi connectivity index (χ1v) is 14.1. The number of benzene rings is 5. The zero-order chi connectivity index (χ0) is 25.9. The van der Waals surface area contributed by atoms with Crippen molar-refractivity contribution in [3.8, 4) is 22.5 Å². The van der Waals surface area contributed by atoms with Gasteiger partial charge in [0.25, 0.3) is 0 Å². The Morgan fingerprint density at radius 1 is 0.513 bits per heavy atom. The number of nitrogens with zero attached hydrogens (tertiary/aromatic N) is 2. The summed E-state index contributed by atoms with van der Waals surface area (Å²) in [6.45, 7) is 2.39. The minimum Gasteiger partial charge on any atom is -0.313 e. The van der Waals surface area contributed by atoms with Crippen LogP contribution in [0.25, 0.3) is 55.2 Å². The standard InChI is InChI=1S/C37H30N2/c1-25-9-8-13-33-32-12-4-7-16-36(32)39(37(25)33)29-23-19-27(20-24-29)26-17-21-28(22-18-26)38-34-14-5-2-10-30(34)31-11-3-6-15-35(31)38/h2-7,10-12,14-25H,8-9,13H2,1H3. The van der Waals surface area contributed by atoms with Crippen molar-refractivity contribution >= 4 is 32.7 Å². The van der Waals surface area contributed by atoms with E-state index >= 15 is 0 Å². The summed E-state index contributed by atoms with van der Waals surface area (Å²) >= 11 is 0. The maximum Gasteiger partial charge on any atom is 0.0541 e.